The van der Waals surface area contributed by atoms with Crippen LogP contribution in [0.25, 0.3) is 0 Å². The fourth-order valence-electron chi connectivity index (χ4n) is 1.73. The molecule has 0 fully saturated rings. The third-order valence-electron chi connectivity index (χ3n) is 2.74. The summed E-state index contributed by atoms with van der Waals surface area (Å²) in [5, 5.41) is 0. The van der Waals surface area contributed by atoms with Gasteiger partial charge in [0.15, 0.2) is 0 Å². The van der Waals surface area contributed by atoms with Crippen molar-refractivity contribution in [2.24, 2.45) is 0 Å². The zero-order chi connectivity index (χ0) is 15.2. The Bertz CT molecular complexity index is 292. The zero-order valence-corrected chi connectivity index (χ0v) is 14.5. The van der Waals surface area contributed by atoms with Gasteiger partial charge >= 0.3 is 8.25 Å². The molecule has 0 N–H and O–H groups in total. The lowest BCUT2D eigenvalue weighted by atomic mass is 10.2. The Balaban J connectivity index is 4.47. The van der Waals surface area contributed by atoms with Crippen LogP contribution in [0.4, 0.5) is 0 Å². The number of hydrogen-bond acceptors (Lipinski definition) is 3. The molecule has 0 aromatic rings. The quantitative estimate of drug-likeness (QED) is 0.310. The van der Waals surface area contributed by atoms with E-state index in [1.165, 1.54) is 0 Å². The maximum Gasteiger partial charge on any atom is 0.418 e. The summed E-state index contributed by atoms with van der Waals surface area (Å²) in [4.78, 5) is 0. The smallest absolute Gasteiger partial charge is 0.418 e. The van der Waals surface area contributed by atoms with Crippen molar-refractivity contribution in [2.75, 3.05) is 0 Å². The summed E-state index contributed by atoms with van der Waals surface area (Å²) in [5.41, 5.74) is 0. The lowest BCUT2D eigenvalue weighted by Gasteiger charge is -2.13. The molecule has 0 amide bonds. The molecule has 20 heavy (non-hydrogen) atoms. The number of hydrogen-bond donors (Lipinski definition) is 0. The van der Waals surface area contributed by atoms with Gasteiger partial charge in [-0.2, -0.15) is 0 Å². The molecule has 0 rings (SSSR count). The molecular formula is C16H31O3P. The van der Waals surface area contributed by atoms with Crippen LogP contribution in [0.5, 0.6) is 0 Å². The molecule has 118 valence electrons. The van der Waals surface area contributed by atoms with Gasteiger partial charge < -0.3 is 9.05 Å². The minimum absolute atomic E-state index is 0.810. The van der Waals surface area contributed by atoms with E-state index in [1.807, 2.05) is 12.2 Å². The summed E-state index contributed by atoms with van der Waals surface area (Å²) < 4.78 is 23.0. The predicted octanol–water partition coefficient (Wildman–Crippen LogP) is 6.38. The van der Waals surface area contributed by atoms with Crippen LogP contribution in [0, 0.1) is 0 Å². The average molecular weight is 302 g/mol. The van der Waals surface area contributed by atoms with E-state index in [2.05, 4.69) is 27.7 Å². The Labute approximate surface area is 125 Å². The molecule has 0 aromatic heterocycles. The highest BCUT2D eigenvalue weighted by Gasteiger charge is 2.07. The summed E-state index contributed by atoms with van der Waals surface area (Å²) in [6.45, 7) is 8.41. The number of unbranched alkanes of at least 4 members (excludes halogenated alkanes) is 2. The van der Waals surface area contributed by atoms with Crippen molar-refractivity contribution in [1.82, 2.24) is 0 Å². The highest BCUT2D eigenvalue weighted by molar-refractivity contribution is 7.33. The largest absolute Gasteiger partial charge is 0.423 e. The molecule has 0 aliphatic carbocycles. The first kappa shape index (κ1) is 19.3. The van der Waals surface area contributed by atoms with Gasteiger partial charge in [-0.3, -0.25) is 0 Å². The fourth-order valence-corrected chi connectivity index (χ4v) is 2.57. The molecule has 0 aliphatic heterocycles. The van der Waals surface area contributed by atoms with Crippen LogP contribution in [0.15, 0.2) is 23.7 Å². The van der Waals surface area contributed by atoms with Crippen molar-refractivity contribution in [3.63, 3.8) is 0 Å². The van der Waals surface area contributed by atoms with Gasteiger partial charge in [0.2, 0.25) is 0 Å². The van der Waals surface area contributed by atoms with Gasteiger partial charge in [0.1, 0.15) is 11.5 Å². The van der Waals surface area contributed by atoms with Gasteiger partial charge in [0.05, 0.1) is 0 Å². The van der Waals surface area contributed by atoms with Gasteiger partial charge in [-0.1, -0.05) is 40.5 Å². The molecule has 0 unspecified atom stereocenters. The summed E-state index contributed by atoms with van der Waals surface area (Å²) in [7, 11) is -2.48. The van der Waals surface area contributed by atoms with Gasteiger partial charge in [-0.05, 0) is 37.8 Å². The van der Waals surface area contributed by atoms with E-state index in [0.717, 1.165) is 62.9 Å². The summed E-state index contributed by atoms with van der Waals surface area (Å²) in [6, 6.07) is 0. The predicted molar refractivity (Wildman–Crippen MR) is 87.0 cm³/mol. The molecular weight excluding hydrogens is 271 g/mol. The zero-order valence-electron chi connectivity index (χ0n) is 13.5. The lowest BCUT2D eigenvalue weighted by Crippen LogP contribution is -1.90. The average Bonchev–Trinajstić information content (AvgIpc) is 2.42. The molecule has 0 atom stereocenters. The minimum atomic E-state index is -2.48. The van der Waals surface area contributed by atoms with Crippen LogP contribution in [-0.2, 0) is 13.6 Å². The van der Waals surface area contributed by atoms with Crippen LogP contribution in [0.3, 0.4) is 0 Å². The van der Waals surface area contributed by atoms with E-state index < -0.39 is 8.25 Å². The first-order chi connectivity index (χ1) is 9.67. The Kier molecular flexibility index (Phi) is 12.8. The molecule has 4 heteroatoms. The molecule has 0 spiro atoms. The van der Waals surface area contributed by atoms with Gasteiger partial charge in [-0.15, -0.1) is 0 Å². The molecule has 0 bridgehead atoms. The monoisotopic (exact) mass is 302 g/mol. The van der Waals surface area contributed by atoms with Crippen LogP contribution in [-0.4, -0.2) is 0 Å². The molecule has 0 aliphatic rings. The Hall–Kier alpha value is -0.690. The molecule has 0 aromatic carbocycles. The highest BCUT2D eigenvalue weighted by Crippen LogP contribution is 2.34. The minimum Gasteiger partial charge on any atom is -0.423 e. The van der Waals surface area contributed by atoms with Gasteiger partial charge in [0, 0.05) is 12.8 Å². The van der Waals surface area contributed by atoms with Crippen LogP contribution in [0.2, 0.25) is 0 Å². The van der Waals surface area contributed by atoms with Gasteiger partial charge in [-0.25, -0.2) is 4.57 Å². The van der Waals surface area contributed by atoms with E-state index in [4.69, 9.17) is 9.05 Å². The maximum atomic E-state index is 12.0. The summed E-state index contributed by atoms with van der Waals surface area (Å²) in [6.07, 6.45) is 11.7. The van der Waals surface area contributed by atoms with E-state index in [9.17, 15) is 4.57 Å². The fraction of sp³-hybridized carbons (Fsp3) is 0.750. The van der Waals surface area contributed by atoms with E-state index in [0.29, 0.717) is 0 Å². The van der Waals surface area contributed by atoms with Crippen molar-refractivity contribution in [3.8, 4) is 0 Å². The van der Waals surface area contributed by atoms with E-state index >= 15 is 0 Å². The Morgan fingerprint density at radius 2 is 1.20 bits per heavy atom. The number of rotatable bonds is 12. The standard InChI is InChI=1S/C16H31O3P/c1-5-9-13-15(11-7-3)18-20(17)19-16(12-8-4)14-10-6-2/h13-14,20H,5-12H2,1-4H3/b15-13-,16-14-. The van der Waals surface area contributed by atoms with E-state index in [-0.39, 0.29) is 0 Å². The molecule has 0 saturated carbocycles. The molecule has 0 saturated heterocycles. The second-order valence-corrected chi connectivity index (χ2v) is 5.78. The summed E-state index contributed by atoms with van der Waals surface area (Å²) in [5.74, 6) is 1.62. The third-order valence-corrected chi connectivity index (χ3v) is 3.60. The topological polar surface area (TPSA) is 35.5 Å². The Morgan fingerprint density at radius 1 is 0.800 bits per heavy atom. The molecule has 0 heterocycles. The SMILES string of the molecule is CCC/C=C(/CCC)O[PH](=O)O/C(=C\CCC)CCC. The second kappa shape index (κ2) is 13.3. The van der Waals surface area contributed by atoms with Crippen LogP contribution < -0.4 is 0 Å². The Morgan fingerprint density at radius 3 is 1.50 bits per heavy atom. The van der Waals surface area contributed by atoms with Gasteiger partial charge in [0.25, 0.3) is 0 Å². The maximum absolute atomic E-state index is 12.0. The first-order valence-corrected chi connectivity index (χ1v) is 9.17. The third kappa shape index (κ3) is 10.1. The number of allylic oxidation sites excluding steroid dienone is 4. The van der Waals surface area contributed by atoms with Crippen molar-refractivity contribution in [2.45, 2.75) is 79.1 Å². The second-order valence-electron chi connectivity index (χ2n) is 4.87. The first-order valence-electron chi connectivity index (χ1n) is 7.95. The van der Waals surface area contributed by atoms with Crippen molar-refractivity contribution >= 4 is 8.25 Å². The highest BCUT2D eigenvalue weighted by atomic mass is 31.1. The van der Waals surface area contributed by atoms with Crippen molar-refractivity contribution in [3.05, 3.63) is 23.7 Å². The van der Waals surface area contributed by atoms with E-state index in [1.54, 1.807) is 0 Å². The molecule has 0 radical (unpaired) electrons. The summed E-state index contributed by atoms with van der Waals surface area (Å²) >= 11 is 0. The van der Waals surface area contributed by atoms with Crippen molar-refractivity contribution in [1.29, 1.82) is 0 Å². The van der Waals surface area contributed by atoms with Crippen LogP contribution in [0.1, 0.15) is 79.1 Å². The molecule has 3 nitrogen and oxygen atoms in total. The van der Waals surface area contributed by atoms with Crippen LogP contribution >= 0.6 is 8.25 Å². The normalized spacial score (nSPS) is 14.2. The lowest BCUT2D eigenvalue weighted by molar-refractivity contribution is 0.298. The van der Waals surface area contributed by atoms with Crippen molar-refractivity contribution < 1.29 is 13.6 Å².